The molecule has 1 aromatic carbocycles. The van der Waals surface area contributed by atoms with Gasteiger partial charge in [-0.3, -0.25) is 9.59 Å². The first-order valence-electron chi connectivity index (χ1n) is 6.60. The van der Waals surface area contributed by atoms with E-state index in [1.807, 2.05) is 0 Å². The summed E-state index contributed by atoms with van der Waals surface area (Å²) in [5.41, 5.74) is 0.347. The molecule has 1 heterocycles. The lowest BCUT2D eigenvalue weighted by Crippen LogP contribution is -2.25. The summed E-state index contributed by atoms with van der Waals surface area (Å²) >= 11 is 0. The number of Topliss-reactive ketones (excluding diaryl/α,β-unsaturated/α-hetero) is 1. The number of carbonyl (C=O) groups excluding carboxylic acids is 2. The Kier molecular flexibility index (Phi) is 4.73. The van der Waals surface area contributed by atoms with Crippen molar-refractivity contribution in [3.8, 4) is 0 Å². The summed E-state index contributed by atoms with van der Waals surface area (Å²) < 4.78 is 5.90. The molecule has 0 aliphatic carbocycles. The largest absolute Gasteiger partial charge is 0.477 e. The molecule has 114 valence electrons. The molecule has 0 amide bonds. The second-order valence-electron chi connectivity index (χ2n) is 4.63. The van der Waals surface area contributed by atoms with Crippen LogP contribution in [0.25, 0.3) is 0 Å². The fourth-order valence-corrected chi connectivity index (χ4v) is 2.20. The number of rotatable bonds is 6. The lowest BCUT2D eigenvalue weighted by Gasteiger charge is -2.18. The summed E-state index contributed by atoms with van der Waals surface area (Å²) in [6, 6.07) is 10.4. The minimum Gasteiger partial charge on any atom is -0.477 e. The Balaban J connectivity index is 2.43. The van der Waals surface area contributed by atoms with E-state index in [4.69, 9.17) is 0 Å². The zero-order valence-electron chi connectivity index (χ0n) is 11.9. The summed E-state index contributed by atoms with van der Waals surface area (Å²) in [4.78, 5) is 35.5. The number of hydrogen-bond acceptors (Lipinski definition) is 4. The van der Waals surface area contributed by atoms with Crippen molar-refractivity contribution in [3.05, 3.63) is 59.9 Å². The van der Waals surface area contributed by atoms with Gasteiger partial charge >= 0.3 is 11.9 Å². The molecule has 0 radical (unpaired) electrons. The number of ether oxygens (including phenoxy) is 1. The van der Waals surface area contributed by atoms with E-state index in [-0.39, 0.29) is 17.9 Å². The molecule has 1 unspecified atom stereocenters. The number of methoxy groups -OCH3 is 1. The maximum Gasteiger partial charge on any atom is 0.352 e. The van der Waals surface area contributed by atoms with Crippen molar-refractivity contribution in [1.29, 1.82) is 0 Å². The molecular formula is C16H15NO5. The van der Waals surface area contributed by atoms with E-state index in [0.717, 1.165) is 0 Å². The smallest absolute Gasteiger partial charge is 0.352 e. The van der Waals surface area contributed by atoms with Crippen LogP contribution in [0.1, 0.15) is 33.3 Å². The molecule has 1 atom stereocenters. The number of nitrogens with zero attached hydrogens (tertiary/aromatic N) is 1. The van der Waals surface area contributed by atoms with Gasteiger partial charge < -0.3 is 14.4 Å². The molecular weight excluding hydrogens is 286 g/mol. The third-order valence-electron chi connectivity index (χ3n) is 3.28. The third kappa shape index (κ3) is 3.22. The van der Waals surface area contributed by atoms with Crippen LogP contribution in [-0.4, -0.2) is 34.5 Å². The van der Waals surface area contributed by atoms with Crippen molar-refractivity contribution < 1.29 is 24.2 Å². The highest BCUT2D eigenvalue weighted by Gasteiger charge is 2.27. The van der Waals surface area contributed by atoms with Crippen LogP contribution in [0.15, 0.2) is 48.7 Å². The third-order valence-corrected chi connectivity index (χ3v) is 3.28. The van der Waals surface area contributed by atoms with Gasteiger partial charge in [-0.2, -0.15) is 0 Å². The van der Waals surface area contributed by atoms with Crippen molar-refractivity contribution in [1.82, 2.24) is 4.57 Å². The number of benzene rings is 1. The number of aromatic carboxylic acids is 1. The molecule has 0 spiro atoms. The average molecular weight is 301 g/mol. The zero-order valence-corrected chi connectivity index (χ0v) is 11.9. The normalized spacial score (nSPS) is 11.7. The minimum absolute atomic E-state index is 0.0572. The predicted octanol–water partition coefficient (Wildman–Crippen LogP) is 2.17. The van der Waals surface area contributed by atoms with Gasteiger partial charge in [0.25, 0.3) is 0 Å². The summed E-state index contributed by atoms with van der Waals surface area (Å²) in [6.45, 7) is 0. The molecule has 2 rings (SSSR count). The van der Waals surface area contributed by atoms with Gasteiger partial charge in [0.2, 0.25) is 0 Å². The Morgan fingerprint density at radius 2 is 1.82 bits per heavy atom. The monoisotopic (exact) mass is 301 g/mol. The summed E-state index contributed by atoms with van der Waals surface area (Å²) in [6.07, 6.45) is 1.23. The second-order valence-corrected chi connectivity index (χ2v) is 4.63. The molecule has 0 fully saturated rings. The van der Waals surface area contributed by atoms with Crippen molar-refractivity contribution in [2.75, 3.05) is 7.11 Å². The maximum atomic E-state index is 12.6. The van der Waals surface area contributed by atoms with Crippen LogP contribution in [-0.2, 0) is 9.53 Å². The summed E-state index contributed by atoms with van der Waals surface area (Å²) in [5, 5.41) is 9.20. The van der Waals surface area contributed by atoms with Crippen molar-refractivity contribution in [2.45, 2.75) is 12.5 Å². The molecule has 6 heteroatoms. The molecule has 0 aliphatic heterocycles. The lowest BCUT2D eigenvalue weighted by atomic mass is 10.0. The Hall–Kier alpha value is -2.89. The Labute approximate surface area is 126 Å². The first kappa shape index (κ1) is 15.5. The van der Waals surface area contributed by atoms with Gasteiger partial charge in [0.1, 0.15) is 11.7 Å². The van der Waals surface area contributed by atoms with E-state index in [1.165, 1.54) is 30.0 Å². The molecule has 0 bridgehead atoms. The molecule has 22 heavy (non-hydrogen) atoms. The van der Waals surface area contributed by atoms with E-state index < -0.39 is 18.0 Å². The molecule has 2 aromatic rings. The van der Waals surface area contributed by atoms with Gasteiger partial charge in [0.05, 0.1) is 13.5 Å². The van der Waals surface area contributed by atoms with Gasteiger partial charge in [-0.15, -0.1) is 0 Å². The highest BCUT2D eigenvalue weighted by atomic mass is 16.5. The van der Waals surface area contributed by atoms with Crippen LogP contribution in [0.2, 0.25) is 0 Å². The first-order chi connectivity index (χ1) is 10.5. The Morgan fingerprint density at radius 3 is 2.41 bits per heavy atom. The van der Waals surface area contributed by atoms with Crippen molar-refractivity contribution in [3.63, 3.8) is 0 Å². The Morgan fingerprint density at radius 1 is 1.14 bits per heavy atom. The number of carbonyl (C=O) groups is 3. The standard InChI is InChI=1S/C16H15NO5/c1-22-14(18)10-13(15(19)11-6-3-2-4-7-11)17-9-5-8-12(17)16(20)21/h2-9,13H,10H2,1H3,(H,20,21). The van der Waals surface area contributed by atoms with Gasteiger partial charge in [-0.25, -0.2) is 4.79 Å². The van der Waals surface area contributed by atoms with E-state index in [1.54, 1.807) is 30.3 Å². The van der Waals surface area contributed by atoms with Crippen LogP contribution in [0.4, 0.5) is 0 Å². The van der Waals surface area contributed by atoms with E-state index >= 15 is 0 Å². The first-order valence-corrected chi connectivity index (χ1v) is 6.60. The molecule has 6 nitrogen and oxygen atoms in total. The zero-order chi connectivity index (χ0) is 16.1. The molecule has 0 saturated heterocycles. The topological polar surface area (TPSA) is 85.6 Å². The van der Waals surface area contributed by atoms with Crippen LogP contribution in [0.5, 0.6) is 0 Å². The number of aromatic nitrogens is 1. The van der Waals surface area contributed by atoms with Crippen LogP contribution >= 0.6 is 0 Å². The number of hydrogen-bond donors (Lipinski definition) is 1. The summed E-state index contributed by atoms with van der Waals surface area (Å²) in [5.74, 6) is -2.09. The second kappa shape index (κ2) is 6.71. The van der Waals surface area contributed by atoms with Crippen molar-refractivity contribution >= 4 is 17.7 Å². The predicted molar refractivity (Wildman–Crippen MR) is 77.8 cm³/mol. The van der Waals surface area contributed by atoms with Crippen molar-refractivity contribution in [2.24, 2.45) is 0 Å². The van der Waals surface area contributed by atoms with E-state index in [2.05, 4.69) is 4.74 Å². The van der Waals surface area contributed by atoms with Gasteiger partial charge in [-0.1, -0.05) is 30.3 Å². The van der Waals surface area contributed by atoms with Crippen LogP contribution < -0.4 is 0 Å². The average Bonchev–Trinajstić information content (AvgIpc) is 3.02. The number of esters is 1. The number of carboxylic acid groups (broad SMARTS) is 1. The van der Waals surface area contributed by atoms with Crippen LogP contribution in [0, 0.1) is 0 Å². The molecule has 0 aliphatic rings. The number of ketones is 1. The fourth-order valence-electron chi connectivity index (χ4n) is 2.20. The Bertz CT molecular complexity index is 690. The molecule has 1 N–H and O–H groups in total. The van der Waals surface area contributed by atoms with Gasteiger partial charge in [0.15, 0.2) is 5.78 Å². The quantitative estimate of drug-likeness (QED) is 0.653. The van der Waals surface area contributed by atoms with E-state index in [9.17, 15) is 19.5 Å². The fraction of sp³-hybridized carbons (Fsp3) is 0.188. The van der Waals surface area contributed by atoms with E-state index in [0.29, 0.717) is 5.56 Å². The molecule has 0 saturated carbocycles. The highest BCUT2D eigenvalue weighted by Crippen LogP contribution is 2.22. The highest BCUT2D eigenvalue weighted by molar-refractivity contribution is 6.01. The van der Waals surface area contributed by atoms with Gasteiger partial charge in [0, 0.05) is 11.8 Å². The number of carboxylic acids is 1. The summed E-state index contributed by atoms with van der Waals surface area (Å²) in [7, 11) is 1.22. The van der Waals surface area contributed by atoms with Crippen LogP contribution in [0.3, 0.4) is 0 Å². The maximum absolute atomic E-state index is 12.6. The molecule has 1 aromatic heterocycles. The minimum atomic E-state index is -1.17. The lowest BCUT2D eigenvalue weighted by molar-refractivity contribution is -0.141. The van der Waals surface area contributed by atoms with Gasteiger partial charge in [-0.05, 0) is 12.1 Å². The SMILES string of the molecule is COC(=O)CC(C(=O)c1ccccc1)n1cccc1C(=O)O.